The highest BCUT2D eigenvalue weighted by molar-refractivity contribution is 4.77. The lowest BCUT2D eigenvalue weighted by molar-refractivity contribution is -0.285. The Kier molecular flexibility index (Phi) is 3.93. The molecule has 0 bridgehead atoms. The Hall–Kier alpha value is -0.120. The first kappa shape index (κ1) is 12.0. The molecule has 1 aliphatic rings. The van der Waals surface area contributed by atoms with E-state index in [9.17, 15) is 5.11 Å². The molecular weight excluding hydrogens is 180 g/mol. The van der Waals surface area contributed by atoms with Gasteiger partial charge in [0.25, 0.3) is 0 Å². The molecule has 0 aromatic rings. The third kappa shape index (κ3) is 2.94. The van der Waals surface area contributed by atoms with Gasteiger partial charge in [0.05, 0.1) is 18.8 Å². The van der Waals surface area contributed by atoms with Crippen LogP contribution in [0.2, 0.25) is 0 Å². The molecule has 84 valence electrons. The van der Waals surface area contributed by atoms with Crippen LogP contribution in [0.4, 0.5) is 0 Å². The number of aliphatic hydroxyl groups excluding tert-OH is 1. The van der Waals surface area contributed by atoms with Gasteiger partial charge in [0.2, 0.25) is 0 Å². The van der Waals surface area contributed by atoms with Gasteiger partial charge in [-0.25, -0.2) is 0 Å². The minimum atomic E-state index is -0.495. The van der Waals surface area contributed by atoms with Gasteiger partial charge in [0.15, 0.2) is 5.79 Å². The molecule has 1 fully saturated rings. The Morgan fingerprint density at radius 3 is 2.64 bits per heavy atom. The summed E-state index contributed by atoms with van der Waals surface area (Å²) in [4.78, 5) is 0. The van der Waals surface area contributed by atoms with Gasteiger partial charge >= 0.3 is 0 Å². The van der Waals surface area contributed by atoms with E-state index in [2.05, 4.69) is 0 Å². The van der Waals surface area contributed by atoms with Crippen LogP contribution < -0.4 is 0 Å². The van der Waals surface area contributed by atoms with E-state index in [1.165, 1.54) is 0 Å². The van der Waals surface area contributed by atoms with Crippen LogP contribution in [0.1, 0.15) is 40.5 Å². The molecule has 0 aromatic carbocycles. The molecule has 0 aromatic heterocycles. The Morgan fingerprint density at radius 1 is 1.50 bits per heavy atom. The first-order valence-electron chi connectivity index (χ1n) is 5.46. The molecule has 1 saturated heterocycles. The zero-order chi connectivity index (χ0) is 10.8. The third-order valence-corrected chi connectivity index (χ3v) is 2.90. The number of aliphatic hydroxyl groups is 1. The second kappa shape index (κ2) is 4.60. The van der Waals surface area contributed by atoms with Crippen LogP contribution in [0.15, 0.2) is 0 Å². The summed E-state index contributed by atoms with van der Waals surface area (Å²) in [6, 6.07) is 0. The van der Waals surface area contributed by atoms with E-state index in [-0.39, 0.29) is 18.1 Å². The fraction of sp³-hybridized carbons (Fsp3) is 1.00. The van der Waals surface area contributed by atoms with Gasteiger partial charge in [0, 0.05) is 5.92 Å². The van der Waals surface area contributed by atoms with Crippen molar-refractivity contribution in [1.82, 2.24) is 0 Å². The quantitative estimate of drug-likeness (QED) is 0.760. The minimum absolute atomic E-state index is 0.119. The molecule has 1 aliphatic heterocycles. The van der Waals surface area contributed by atoms with Crippen molar-refractivity contribution in [1.29, 1.82) is 0 Å². The lowest BCUT2D eigenvalue weighted by atomic mass is 9.93. The van der Waals surface area contributed by atoms with Crippen LogP contribution in [0.5, 0.6) is 0 Å². The fourth-order valence-corrected chi connectivity index (χ4v) is 1.87. The number of hydrogen-bond acceptors (Lipinski definition) is 3. The molecule has 0 spiro atoms. The summed E-state index contributed by atoms with van der Waals surface area (Å²) in [6.45, 7) is 8.60. The first-order chi connectivity index (χ1) is 6.46. The molecular formula is C11H22O3. The molecule has 14 heavy (non-hydrogen) atoms. The van der Waals surface area contributed by atoms with Crippen molar-refractivity contribution in [3.63, 3.8) is 0 Å². The van der Waals surface area contributed by atoms with Gasteiger partial charge in [-0.05, 0) is 26.7 Å². The predicted molar refractivity (Wildman–Crippen MR) is 55.0 cm³/mol. The van der Waals surface area contributed by atoms with Crippen molar-refractivity contribution >= 4 is 0 Å². The maximum absolute atomic E-state index is 9.73. The standard InChI is InChI=1S/C11H22O3/c1-5-9(12)8(2)10-6-7-13-11(3,4)14-10/h8-10,12H,5-7H2,1-4H3/t8-,9+,10-/m1/s1. The third-order valence-electron chi connectivity index (χ3n) is 2.90. The maximum atomic E-state index is 9.73. The number of ether oxygens (including phenoxy) is 2. The molecule has 1 N–H and O–H groups in total. The average Bonchev–Trinajstić information content (AvgIpc) is 2.14. The minimum Gasteiger partial charge on any atom is -0.393 e. The molecule has 3 atom stereocenters. The molecule has 3 nitrogen and oxygen atoms in total. The van der Waals surface area contributed by atoms with Gasteiger partial charge in [-0.1, -0.05) is 13.8 Å². The van der Waals surface area contributed by atoms with Crippen LogP contribution in [0.3, 0.4) is 0 Å². The summed E-state index contributed by atoms with van der Waals surface area (Å²) >= 11 is 0. The van der Waals surface area contributed by atoms with Gasteiger partial charge in [-0.3, -0.25) is 0 Å². The zero-order valence-corrected chi connectivity index (χ0v) is 9.62. The van der Waals surface area contributed by atoms with Gasteiger partial charge < -0.3 is 14.6 Å². The summed E-state index contributed by atoms with van der Waals surface area (Å²) in [5, 5.41) is 9.73. The molecule has 1 rings (SSSR count). The van der Waals surface area contributed by atoms with Crippen LogP contribution in [-0.2, 0) is 9.47 Å². The van der Waals surface area contributed by atoms with E-state index < -0.39 is 5.79 Å². The summed E-state index contributed by atoms with van der Waals surface area (Å²) in [5.41, 5.74) is 0. The van der Waals surface area contributed by atoms with Crippen LogP contribution >= 0.6 is 0 Å². The SMILES string of the molecule is CC[C@H](O)[C@@H](C)[C@H]1CCOC(C)(C)O1. The smallest absolute Gasteiger partial charge is 0.163 e. The van der Waals surface area contributed by atoms with E-state index in [4.69, 9.17) is 9.47 Å². The van der Waals surface area contributed by atoms with Crippen LogP contribution in [0, 0.1) is 5.92 Å². The average molecular weight is 202 g/mol. The van der Waals surface area contributed by atoms with E-state index in [0.717, 1.165) is 19.4 Å². The summed E-state index contributed by atoms with van der Waals surface area (Å²) in [6.07, 6.45) is 1.51. The summed E-state index contributed by atoms with van der Waals surface area (Å²) in [5.74, 6) is -0.312. The van der Waals surface area contributed by atoms with E-state index in [0.29, 0.717) is 0 Å². The second-order valence-electron chi connectivity index (χ2n) is 4.53. The Morgan fingerprint density at radius 2 is 2.14 bits per heavy atom. The van der Waals surface area contributed by atoms with Crippen molar-refractivity contribution in [3.8, 4) is 0 Å². The topological polar surface area (TPSA) is 38.7 Å². The maximum Gasteiger partial charge on any atom is 0.163 e. The van der Waals surface area contributed by atoms with E-state index >= 15 is 0 Å². The highest BCUT2D eigenvalue weighted by atomic mass is 16.7. The predicted octanol–water partition coefficient (Wildman–Crippen LogP) is 1.93. The highest BCUT2D eigenvalue weighted by Crippen LogP contribution is 2.28. The largest absolute Gasteiger partial charge is 0.393 e. The van der Waals surface area contributed by atoms with Crippen molar-refractivity contribution in [2.24, 2.45) is 5.92 Å². The van der Waals surface area contributed by atoms with E-state index in [1.54, 1.807) is 0 Å². The lowest BCUT2D eigenvalue weighted by Crippen LogP contribution is -2.44. The zero-order valence-electron chi connectivity index (χ0n) is 9.62. The number of hydrogen-bond donors (Lipinski definition) is 1. The molecule has 0 saturated carbocycles. The lowest BCUT2D eigenvalue weighted by Gasteiger charge is -2.39. The van der Waals surface area contributed by atoms with Crippen molar-refractivity contribution in [3.05, 3.63) is 0 Å². The van der Waals surface area contributed by atoms with Gasteiger partial charge in [-0.15, -0.1) is 0 Å². The molecule has 0 radical (unpaired) electrons. The Balaban J connectivity index is 2.51. The molecule has 0 unspecified atom stereocenters. The van der Waals surface area contributed by atoms with E-state index in [1.807, 2.05) is 27.7 Å². The molecule has 3 heteroatoms. The molecule has 0 aliphatic carbocycles. The highest BCUT2D eigenvalue weighted by Gasteiger charge is 2.34. The van der Waals surface area contributed by atoms with Crippen molar-refractivity contribution in [2.45, 2.75) is 58.5 Å². The number of rotatable bonds is 3. The Bertz CT molecular complexity index is 179. The molecule has 0 amide bonds. The fourth-order valence-electron chi connectivity index (χ4n) is 1.87. The van der Waals surface area contributed by atoms with Crippen molar-refractivity contribution < 1.29 is 14.6 Å². The summed E-state index contributed by atoms with van der Waals surface area (Å²) in [7, 11) is 0. The van der Waals surface area contributed by atoms with Gasteiger partial charge in [-0.2, -0.15) is 0 Å². The first-order valence-corrected chi connectivity index (χ1v) is 5.46. The Labute approximate surface area is 86.4 Å². The van der Waals surface area contributed by atoms with Gasteiger partial charge in [0.1, 0.15) is 0 Å². The van der Waals surface area contributed by atoms with Crippen LogP contribution in [0.25, 0.3) is 0 Å². The monoisotopic (exact) mass is 202 g/mol. The van der Waals surface area contributed by atoms with Crippen LogP contribution in [-0.4, -0.2) is 29.7 Å². The van der Waals surface area contributed by atoms with Crippen molar-refractivity contribution in [2.75, 3.05) is 6.61 Å². The molecule has 1 heterocycles. The normalized spacial score (nSPS) is 31.1. The second-order valence-corrected chi connectivity index (χ2v) is 4.53. The summed E-state index contributed by atoms with van der Waals surface area (Å²) < 4.78 is 11.2.